The van der Waals surface area contributed by atoms with Crippen LogP contribution in [-0.4, -0.2) is 49.6 Å². The van der Waals surface area contributed by atoms with Gasteiger partial charge in [0.15, 0.2) is 5.84 Å². The molecule has 3 aliphatic rings. The normalized spacial score (nSPS) is 23.0. The fourth-order valence-electron chi connectivity index (χ4n) is 4.95. The van der Waals surface area contributed by atoms with E-state index in [9.17, 15) is 17.6 Å². The summed E-state index contributed by atoms with van der Waals surface area (Å²) in [6.07, 6.45) is 3.15. The zero-order valence-corrected chi connectivity index (χ0v) is 17.9. The Kier molecular flexibility index (Phi) is 5.04. The van der Waals surface area contributed by atoms with E-state index in [1.54, 1.807) is 30.3 Å². The van der Waals surface area contributed by atoms with Crippen molar-refractivity contribution in [3.63, 3.8) is 0 Å². The highest BCUT2D eigenvalue weighted by Crippen LogP contribution is 2.35. The van der Waals surface area contributed by atoms with Gasteiger partial charge in [-0.2, -0.15) is 8.42 Å². The smallest absolute Gasteiger partial charge is 0.285 e. The van der Waals surface area contributed by atoms with Crippen LogP contribution in [0.3, 0.4) is 0 Å². The molecule has 1 atom stereocenters. The molecule has 3 aliphatic heterocycles. The van der Waals surface area contributed by atoms with E-state index >= 15 is 0 Å². The number of amides is 1. The molecule has 0 saturated carbocycles. The number of carbonyl (C=O) groups is 1. The fourth-order valence-corrected chi connectivity index (χ4v) is 6.18. The number of nitrogens with zero attached hydrogens (tertiary/aromatic N) is 3. The van der Waals surface area contributed by atoms with Crippen molar-refractivity contribution in [1.29, 1.82) is 0 Å². The second-order valence-corrected chi connectivity index (χ2v) is 9.96. The molecule has 0 aliphatic carbocycles. The van der Waals surface area contributed by atoms with E-state index in [0.717, 1.165) is 24.9 Å². The molecule has 5 rings (SSSR count). The van der Waals surface area contributed by atoms with E-state index in [1.165, 1.54) is 12.1 Å². The lowest BCUT2D eigenvalue weighted by Gasteiger charge is -2.35. The lowest BCUT2D eigenvalue weighted by Crippen LogP contribution is -2.44. The van der Waals surface area contributed by atoms with Gasteiger partial charge in [0, 0.05) is 31.1 Å². The minimum Gasteiger partial charge on any atom is -0.355 e. The largest absolute Gasteiger partial charge is 0.355 e. The maximum absolute atomic E-state index is 13.3. The first-order valence-corrected chi connectivity index (χ1v) is 12.1. The highest BCUT2D eigenvalue weighted by molar-refractivity contribution is 7.90. The van der Waals surface area contributed by atoms with Crippen LogP contribution < -0.4 is 0 Å². The Morgan fingerprint density at radius 1 is 0.968 bits per heavy atom. The third kappa shape index (κ3) is 3.63. The zero-order chi connectivity index (χ0) is 21.6. The molecular weight excluding hydrogens is 417 g/mol. The van der Waals surface area contributed by atoms with Crippen LogP contribution in [0.4, 0.5) is 4.39 Å². The van der Waals surface area contributed by atoms with Crippen molar-refractivity contribution in [2.75, 3.05) is 19.6 Å². The minimum absolute atomic E-state index is 0.00218. The number of amidine groups is 1. The molecule has 1 unspecified atom stereocenters. The Balaban J connectivity index is 1.28. The Bertz CT molecular complexity index is 1140. The second-order valence-electron chi connectivity index (χ2n) is 8.39. The summed E-state index contributed by atoms with van der Waals surface area (Å²) < 4.78 is 42.0. The van der Waals surface area contributed by atoms with E-state index in [-0.39, 0.29) is 28.6 Å². The number of sulfonamides is 1. The van der Waals surface area contributed by atoms with Crippen LogP contribution in [0.2, 0.25) is 0 Å². The highest BCUT2D eigenvalue weighted by atomic mass is 32.2. The maximum Gasteiger partial charge on any atom is 0.285 e. The summed E-state index contributed by atoms with van der Waals surface area (Å²) >= 11 is 0. The molecule has 0 N–H and O–H groups in total. The molecular formula is C23H24FN3O3S. The van der Waals surface area contributed by atoms with Crippen LogP contribution in [0.5, 0.6) is 0 Å². The first-order valence-electron chi connectivity index (χ1n) is 10.7. The molecule has 31 heavy (non-hydrogen) atoms. The molecule has 3 heterocycles. The molecule has 2 aromatic rings. The topological polar surface area (TPSA) is 70.0 Å². The molecule has 8 heteroatoms. The fraction of sp³-hybridized carbons (Fsp3) is 0.391. The number of fused-ring (bicyclic) bond motifs is 1. The molecule has 2 saturated heterocycles. The van der Waals surface area contributed by atoms with Gasteiger partial charge in [0.1, 0.15) is 10.7 Å². The van der Waals surface area contributed by atoms with Crippen LogP contribution in [0, 0.1) is 11.7 Å². The standard InChI is InChI=1S/C23H24FN3O3S/c24-18-9-7-16(8-10-18)20-5-3-13-27(20)23(28)17-11-14-26(15-12-17)22-19-4-1-2-6-21(19)31(29,30)25-22/h1-2,4,6-10,17,20H,3,5,11-15H2. The van der Waals surface area contributed by atoms with Gasteiger partial charge in [0.2, 0.25) is 5.91 Å². The summed E-state index contributed by atoms with van der Waals surface area (Å²) in [5, 5.41) is 0. The average molecular weight is 442 g/mol. The lowest BCUT2D eigenvalue weighted by atomic mass is 9.93. The van der Waals surface area contributed by atoms with Gasteiger partial charge in [-0.15, -0.1) is 4.40 Å². The van der Waals surface area contributed by atoms with Crippen LogP contribution in [-0.2, 0) is 14.8 Å². The maximum atomic E-state index is 13.3. The third-order valence-electron chi connectivity index (χ3n) is 6.55. The van der Waals surface area contributed by atoms with Crippen LogP contribution >= 0.6 is 0 Å². The predicted molar refractivity (Wildman–Crippen MR) is 115 cm³/mol. The number of hydrogen-bond donors (Lipinski definition) is 0. The third-order valence-corrected chi connectivity index (χ3v) is 7.87. The molecule has 162 valence electrons. The SMILES string of the molecule is O=C(C1CCN(C2=NS(=O)(=O)c3ccccc32)CC1)N1CCCC1c1ccc(F)cc1. The number of halogens is 1. The van der Waals surface area contributed by atoms with Crippen LogP contribution in [0.25, 0.3) is 0 Å². The van der Waals surface area contributed by atoms with Crippen molar-refractivity contribution in [1.82, 2.24) is 9.80 Å². The summed E-state index contributed by atoms with van der Waals surface area (Å²) in [5.74, 6) is 0.274. The van der Waals surface area contributed by atoms with E-state index in [4.69, 9.17) is 0 Å². The van der Waals surface area contributed by atoms with E-state index < -0.39 is 10.0 Å². The van der Waals surface area contributed by atoms with Gasteiger partial charge >= 0.3 is 0 Å². The van der Waals surface area contributed by atoms with Gasteiger partial charge in [-0.05, 0) is 55.5 Å². The Morgan fingerprint density at radius 2 is 1.68 bits per heavy atom. The molecule has 6 nitrogen and oxygen atoms in total. The Morgan fingerprint density at radius 3 is 2.42 bits per heavy atom. The van der Waals surface area contributed by atoms with Gasteiger partial charge in [-0.3, -0.25) is 4.79 Å². The van der Waals surface area contributed by atoms with Crippen LogP contribution in [0.1, 0.15) is 42.9 Å². The Hall–Kier alpha value is -2.74. The number of rotatable bonds is 2. The van der Waals surface area contributed by atoms with Crippen molar-refractivity contribution in [3.8, 4) is 0 Å². The van der Waals surface area contributed by atoms with E-state index in [2.05, 4.69) is 4.40 Å². The molecule has 1 amide bonds. The molecule has 0 bridgehead atoms. The summed E-state index contributed by atoms with van der Waals surface area (Å²) in [6, 6.07) is 13.3. The molecule has 0 radical (unpaired) electrons. The predicted octanol–water partition coefficient (Wildman–Crippen LogP) is 3.35. The summed E-state index contributed by atoms with van der Waals surface area (Å²) in [6.45, 7) is 1.90. The number of carbonyl (C=O) groups excluding carboxylic acids is 1. The molecule has 2 aromatic carbocycles. The first-order chi connectivity index (χ1) is 14.9. The Labute approximate surface area is 181 Å². The average Bonchev–Trinajstić information content (AvgIpc) is 3.37. The van der Waals surface area contributed by atoms with Crippen molar-refractivity contribution in [2.24, 2.45) is 10.3 Å². The molecule has 0 spiro atoms. The van der Waals surface area contributed by atoms with E-state index in [1.807, 2.05) is 15.9 Å². The number of likely N-dealkylation sites (tertiary alicyclic amines) is 2. The van der Waals surface area contributed by atoms with Crippen molar-refractivity contribution < 1.29 is 17.6 Å². The first kappa shape index (κ1) is 20.2. The summed E-state index contributed by atoms with van der Waals surface area (Å²) in [7, 11) is -3.64. The summed E-state index contributed by atoms with van der Waals surface area (Å²) in [4.78, 5) is 17.5. The monoisotopic (exact) mass is 441 g/mol. The van der Waals surface area contributed by atoms with Gasteiger partial charge in [0.05, 0.1) is 6.04 Å². The number of benzene rings is 2. The minimum atomic E-state index is -3.64. The van der Waals surface area contributed by atoms with Gasteiger partial charge in [-0.1, -0.05) is 24.3 Å². The van der Waals surface area contributed by atoms with Crippen LogP contribution in [0.15, 0.2) is 57.8 Å². The van der Waals surface area contributed by atoms with Gasteiger partial charge < -0.3 is 9.80 Å². The molecule has 0 aromatic heterocycles. The molecule has 2 fully saturated rings. The van der Waals surface area contributed by atoms with Gasteiger partial charge in [-0.25, -0.2) is 4.39 Å². The van der Waals surface area contributed by atoms with Gasteiger partial charge in [0.25, 0.3) is 10.0 Å². The summed E-state index contributed by atoms with van der Waals surface area (Å²) in [5.41, 5.74) is 1.62. The van der Waals surface area contributed by atoms with E-state index in [0.29, 0.717) is 37.3 Å². The number of piperidine rings is 1. The highest BCUT2D eigenvalue weighted by Gasteiger charge is 2.38. The quantitative estimate of drug-likeness (QED) is 0.717. The van der Waals surface area contributed by atoms with Crippen molar-refractivity contribution in [3.05, 3.63) is 65.5 Å². The van der Waals surface area contributed by atoms with Crippen molar-refractivity contribution in [2.45, 2.75) is 36.6 Å². The lowest BCUT2D eigenvalue weighted by molar-refractivity contribution is -0.137. The zero-order valence-electron chi connectivity index (χ0n) is 17.1. The number of hydrogen-bond acceptors (Lipinski definition) is 4. The second kappa shape index (κ2) is 7.75. The van der Waals surface area contributed by atoms with Crippen molar-refractivity contribution >= 4 is 21.8 Å².